The molecule has 32 heavy (non-hydrogen) atoms. The number of carboxylic acid groups (broad SMARTS) is 1. The number of hydrogen-bond acceptors (Lipinski definition) is 5. The van der Waals surface area contributed by atoms with Gasteiger partial charge in [0.1, 0.15) is 17.1 Å². The molecule has 1 aromatic heterocycles. The molecule has 1 heterocycles. The summed E-state index contributed by atoms with van der Waals surface area (Å²) >= 11 is 0. The molecule has 0 aliphatic heterocycles. The zero-order valence-electron chi connectivity index (χ0n) is 18.1. The van der Waals surface area contributed by atoms with Crippen LogP contribution in [0.4, 0.5) is 0 Å². The molecule has 3 aromatic rings. The first-order chi connectivity index (χ1) is 15.3. The van der Waals surface area contributed by atoms with E-state index < -0.39 is 17.9 Å². The highest BCUT2D eigenvalue weighted by Gasteiger charge is 2.21. The van der Waals surface area contributed by atoms with Gasteiger partial charge in [0.05, 0.1) is 19.6 Å². The van der Waals surface area contributed by atoms with E-state index in [1.807, 2.05) is 19.1 Å². The number of carbonyl (C=O) groups is 3. The van der Waals surface area contributed by atoms with Gasteiger partial charge in [0, 0.05) is 11.1 Å². The lowest BCUT2D eigenvalue weighted by molar-refractivity contribution is -0.137. The number of pyridine rings is 1. The number of ketones is 1. The van der Waals surface area contributed by atoms with Gasteiger partial charge in [0.25, 0.3) is 5.91 Å². The average Bonchev–Trinajstić information content (AvgIpc) is 2.78. The number of aliphatic carboxylic acids is 1. The fraction of sp³-hybridized carbons (Fsp3) is 0.200. The molecule has 0 saturated heterocycles. The predicted molar refractivity (Wildman–Crippen MR) is 120 cm³/mol. The van der Waals surface area contributed by atoms with Crippen LogP contribution >= 0.6 is 0 Å². The Morgan fingerprint density at radius 1 is 1.06 bits per heavy atom. The van der Waals surface area contributed by atoms with E-state index in [-0.39, 0.29) is 17.9 Å². The van der Waals surface area contributed by atoms with Crippen molar-refractivity contribution in [3.63, 3.8) is 0 Å². The van der Waals surface area contributed by atoms with Crippen molar-refractivity contribution in [1.29, 1.82) is 0 Å². The van der Waals surface area contributed by atoms with E-state index >= 15 is 0 Å². The van der Waals surface area contributed by atoms with Crippen LogP contribution in [0.2, 0.25) is 0 Å². The second-order valence-electron chi connectivity index (χ2n) is 7.42. The molecule has 0 aliphatic carbocycles. The van der Waals surface area contributed by atoms with Crippen LogP contribution in [-0.4, -0.2) is 34.9 Å². The van der Waals surface area contributed by atoms with Gasteiger partial charge in [-0.2, -0.15) is 0 Å². The quantitative estimate of drug-likeness (QED) is 0.517. The highest BCUT2D eigenvalue weighted by atomic mass is 16.5. The predicted octanol–water partition coefficient (Wildman–Crippen LogP) is 4.21. The number of amides is 1. The van der Waals surface area contributed by atoms with Gasteiger partial charge >= 0.3 is 5.97 Å². The monoisotopic (exact) mass is 432 g/mol. The smallest absolute Gasteiger partial charge is 0.305 e. The van der Waals surface area contributed by atoms with Crippen molar-refractivity contribution >= 4 is 17.7 Å². The van der Waals surface area contributed by atoms with Gasteiger partial charge in [-0.3, -0.25) is 14.4 Å². The third-order valence-corrected chi connectivity index (χ3v) is 5.02. The fourth-order valence-electron chi connectivity index (χ4n) is 3.29. The minimum atomic E-state index is -1.03. The highest BCUT2D eigenvalue weighted by molar-refractivity contribution is 5.96. The van der Waals surface area contributed by atoms with Crippen molar-refractivity contribution in [1.82, 2.24) is 10.3 Å². The molecule has 0 fully saturated rings. The van der Waals surface area contributed by atoms with Crippen molar-refractivity contribution < 1.29 is 24.2 Å². The summed E-state index contributed by atoms with van der Waals surface area (Å²) in [7, 11) is 1.50. The molecule has 1 amide bonds. The van der Waals surface area contributed by atoms with E-state index in [1.165, 1.54) is 20.1 Å². The Morgan fingerprint density at radius 2 is 1.78 bits per heavy atom. The van der Waals surface area contributed by atoms with Crippen molar-refractivity contribution in [2.24, 2.45) is 0 Å². The van der Waals surface area contributed by atoms with Crippen LogP contribution in [0.15, 0.2) is 60.7 Å². The van der Waals surface area contributed by atoms with Gasteiger partial charge < -0.3 is 15.2 Å². The molecule has 1 atom stereocenters. The Kier molecular flexibility index (Phi) is 7.00. The highest BCUT2D eigenvalue weighted by Crippen LogP contribution is 2.29. The van der Waals surface area contributed by atoms with Crippen molar-refractivity contribution in [2.45, 2.75) is 26.3 Å². The summed E-state index contributed by atoms with van der Waals surface area (Å²) < 4.78 is 5.39. The number of Topliss-reactive ketones (excluding diaryl/α,β-unsaturated/α-hetero) is 1. The van der Waals surface area contributed by atoms with Crippen LogP contribution in [0.5, 0.6) is 5.75 Å². The van der Waals surface area contributed by atoms with Crippen molar-refractivity contribution in [3.05, 3.63) is 83.0 Å². The number of carbonyl (C=O) groups excluding carboxylic acids is 2. The Morgan fingerprint density at radius 3 is 2.41 bits per heavy atom. The lowest BCUT2D eigenvalue weighted by atomic mass is 10.0. The van der Waals surface area contributed by atoms with Gasteiger partial charge in [-0.05, 0) is 37.6 Å². The third-order valence-electron chi connectivity index (χ3n) is 5.02. The molecule has 7 heteroatoms. The van der Waals surface area contributed by atoms with Crippen LogP contribution in [0.1, 0.15) is 51.4 Å². The van der Waals surface area contributed by atoms with Gasteiger partial charge in [0.2, 0.25) is 0 Å². The second-order valence-corrected chi connectivity index (χ2v) is 7.42. The number of methoxy groups -OCH3 is 1. The van der Waals surface area contributed by atoms with E-state index in [9.17, 15) is 19.5 Å². The van der Waals surface area contributed by atoms with Gasteiger partial charge in [0.15, 0.2) is 5.78 Å². The maximum Gasteiger partial charge on any atom is 0.305 e. The normalized spacial score (nSPS) is 11.5. The minimum Gasteiger partial charge on any atom is -0.494 e. The largest absolute Gasteiger partial charge is 0.494 e. The number of carboxylic acids is 1. The lowest BCUT2D eigenvalue weighted by Crippen LogP contribution is -2.30. The molecule has 0 aliphatic rings. The zero-order valence-corrected chi connectivity index (χ0v) is 18.1. The Labute approximate surface area is 186 Å². The number of benzene rings is 2. The van der Waals surface area contributed by atoms with Gasteiger partial charge in [-0.1, -0.05) is 48.0 Å². The SMILES string of the molecule is COc1ccc(C(=O)NC(CC(=O)O)c2ccc(C)cc2)nc1-c1cccc(C(C)=O)c1. The molecule has 2 aromatic carbocycles. The minimum absolute atomic E-state index is 0.0886. The van der Waals surface area contributed by atoms with Crippen molar-refractivity contribution in [3.8, 4) is 17.0 Å². The van der Waals surface area contributed by atoms with Crippen LogP contribution < -0.4 is 10.1 Å². The van der Waals surface area contributed by atoms with Crippen molar-refractivity contribution in [2.75, 3.05) is 7.11 Å². The summed E-state index contributed by atoms with van der Waals surface area (Å²) in [6.45, 7) is 3.40. The van der Waals surface area contributed by atoms with E-state index in [0.717, 1.165) is 5.56 Å². The molecular formula is C25H24N2O5. The van der Waals surface area contributed by atoms with E-state index in [4.69, 9.17) is 4.74 Å². The molecule has 3 rings (SSSR count). The summed E-state index contributed by atoms with van der Waals surface area (Å²) in [5, 5.41) is 12.1. The third kappa shape index (κ3) is 5.37. The molecule has 164 valence electrons. The molecule has 0 bridgehead atoms. The summed E-state index contributed by atoms with van der Waals surface area (Å²) in [6.07, 6.45) is -0.265. The topological polar surface area (TPSA) is 106 Å². The Hall–Kier alpha value is -4.00. The summed E-state index contributed by atoms with van der Waals surface area (Å²) in [5.41, 5.74) is 3.38. The maximum absolute atomic E-state index is 13.0. The van der Waals surface area contributed by atoms with Crippen LogP contribution in [0.25, 0.3) is 11.3 Å². The second kappa shape index (κ2) is 9.87. The van der Waals surface area contributed by atoms with Gasteiger partial charge in [-0.15, -0.1) is 0 Å². The molecule has 1 unspecified atom stereocenters. The Bertz CT molecular complexity index is 1160. The number of hydrogen-bond donors (Lipinski definition) is 2. The maximum atomic E-state index is 13.0. The number of nitrogens with one attached hydrogen (secondary N) is 1. The van der Waals surface area contributed by atoms with Crippen LogP contribution in [0, 0.1) is 6.92 Å². The molecular weight excluding hydrogens is 408 g/mol. The molecule has 0 saturated carbocycles. The first kappa shape index (κ1) is 22.7. The summed E-state index contributed by atoms with van der Waals surface area (Å²) in [4.78, 5) is 40.6. The lowest BCUT2D eigenvalue weighted by Gasteiger charge is -2.18. The average molecular weight is 432 g/mol. The van der Waals surface area contributed by atoms with Gasteiger partial charge in [-0.25, -0.2) is 4.98 Å². The number of ether oxygens (including phenoxy) is 1. The molecule has 0 spiro atoms. The summed E-state index contributed by atoms with van der Waals surface area (Å²) in [5.74, 6) is -1.18. The van der Waals surface area contributed by atoms with E-state index in [1.54, 1.807) is 42.5 Å². The van der Waals surface area contributed by atoms with E-state index in [0.29, 0.717) is 28.1 Å². The zero-order chi connectivity index (χ0) is 23.3. The number of aryl methyl sites for hydroxylation is 1. The number of nitrogens with zero attached hydrogens (tertiary/aromatic N) is 1. The first-order valence-electron chi connectivity index (χ1n) is 10.0. The standard InChI is InChI=1S/C25H24N2O5/c1-15-7-9-17(10-8-15)21(14-23(29)30)27-25(31)20-11-12-22(32-3)24(26-20)19-6-4-5-18(13-19)16(2)28/h4-13,21H,14H2,1-3H3,(H,27,31)(H,29,30). The van der Waals surface area contributed by atoms with E-state index in [2.05, 4.69) is 10.3 Å². The molecule has 7 nitrogen and oxygen atoms in total. The fourth-order valence-corrected chi connectivity index (χ4v) is 3.29. The number of rotatable bonds is 8. The first-order valence-corrected chi connectivity index (χ1v) is 10.0. The van der Waals surface area contributed by atoms with Crippen LogP contribution in [0.3, 0.4) is 0 Å². The molecule has 2 N–H and O–H groups in total. The number of aromatic nitrogens is 1. The van der Waals surface area contributed by atoms with Crippen LogP contribution in [-0.2, 0) is 4.79 Å². The summed E-state index contributed by atoms with van der Waals surface area (Å²) in [6, 6.07) is 16.6. The molecule has 0 radical (unpaired) electrons. The Balaban J connectivity index is 1.94.